The van der Waals surface area contributed by atoms with Crippen LogP contribution in [0.3, 0.4) is 0 Å². The average Bonchev–Trinajstić information content (AvgIpc) is 2.44. The fourth-order valence-corrected chi connectivity index (χ4v) is 2.27. The number of halogens is 3. The first-order valence-electron chi connectivity index (χ1n) is 6.07. The summed E-state index contributed by atoms with van der Waals surface area (Å²) in [4.78, 5) is 0. The van der Waals surface area contributed by atoms with Crippen molar-refractivity contribution in [2.45, 2.75) is 13.0 Å². The molecule has 0 fully saturated rings. The van der Waals surface area contributed by atoms with Crippen LogP contribution in [0.5, 0.6) is 5.75 Å². The molecule has 1 unspecified atom stereocenters. The van der Waals surface area contributed by atoms with Crippen LogP contribution in [-0.2, 0) is 0 Å². The van der Waals surface area contributed by atoms with Crippen molar-refractivity contribution in [3.05, 3.63) is 58.1 Å². The fourth-order valence-electron chi connectivity index (χ4n) is 1.91. The van der Waals surface area contributed by atoms with Crippen molar-refractivity contribution in [2.24, 2.45) is 0 Å². The lowest BCUT2D eigenvalue weighted by atomic mass is 10.1. The van der Waals surface area contributed by atoms with Crippen LogP contribution in [0.15, 0.2) is 40.9 Å². The van der Waals surface area contributed by atoms with Crippen molar-refractivity contribution in [1.29, 1.82) is 0 Å². The van der Waals surface area contributed by atoms with Crippen molar-refractivity contribution in [2.75, 3.05) is 12.4 Å². The van der Waals surface area contributed by atoms with Gasteiger partial charge in [-0.3, -0.25) is 0 Å². The molecule has 2 rings (SSSR count). The minimum absolute atomic E-state index is 0.278. The lowest BCUT2D eigenvalue weighted by Crippen LogP contribution is -2.10. The van der Waals surface area contributed by atoms with Crippen LogP contribution in [0.1, 0.15) is 18.5 Å². The van der Waals surface area contributed by atoms with Crippen molar-refractivity contribution in [1.82, 2.24) is 0 Å². The van der Waals surface area contributed by atoms with E-state index in [1.165, 1.54) is 6.07 Å². The molecule has 0 amide bonds. The summed E-state index contributed by atoms with van der Waals surface area (Å²) in [6.45, 7) is 1.77. The van der Waals surface area contributed by atoms with Gasteiger partial charge in [-0.1, -0.05) is 12.1 Å². The van der Waals surface area contributed by atoms with Gasteiger partial charge in [0.2, 0.25) is 0 Å². The first-order valence-corrected chi connectivity index (χ1v) is 6.86. The van der Waals surface area contributed by atoms with Gasteiger partial charge in [0, 0.05) is 16.1 Å². The second-order valence-corrected chi connectivity index (χ2v) is 5.21. The maximum Gasteiger partial charge on any atom is 0.164 e. The second-order valence-electron chi connectivity index (χ2n) is 4.35. The average molecular weight is 342 g/mol. The minimum atomic E-state index is -0.846. The quantitative estimate of drug-likeness (QED) is 0.853. The Morgan fingerprint density at radius 3 is 2.65 bits per heavy atom. The molecule has 0 aliphatic rings. The number of hydrogen-bond donors (Lipinski definition) is 1. The number of ether oxygens (including phenoxy) is 1. The number of nitrogens with one attached hydrogen (secondary N) is 1. The predicted octanol–water partition coefficient (Wildman–Crippen LogP) is 4.91. The molecule has 2 aromatic rings. The zero-order valence-electron chi connectivity index (χ0n) is 11.1. The molecule has 0 aliphatic heterocycles. The fraction of sp³-hybridized carbons (Fsp3) is 0.200. The largest absolute Gasteiger partial charge is 0.497 e. The van der Waals surface area contributed by atoms with Crippen LogP contribution < -0.4 is 10.1 Å². The Labute approximate surface area is 124 Å². The van der Waals surface area contributed by atoms with E-state index in [4.69, 9.17) is 4.74 Å². The lowest BCUT2D eigenvalue weighted by molar-refractivity contribution is 0.415. The Kier molecular flexibility index (Phi) is 4.60. The van der Waals surface area contributed by atoms with Crippen molar-refractivity contribution >= 4 is 21.6 Å². The normalized spacial score (nSPS) is 12.1. The van der Waals surface area contributed by atoms with Crippen LogP contribution in [-0.4, -0.2) is 7.11 Å². The Morgan fingerprint density at radius 2 is 1.95 bits per heavy atom. The molecule has 0 saturated carbocycles. The maximum atomic E-state index is 13.7. The summed E-state index contributed by atoms with van der Waals surface area (Å²) in [5, 5.41) is 3.14. The monoisotopic (exact) mass is 341 g/mol. The van der Waals surface area contributed by atoms with E-state index in [1.807, 2.05) is 12.1 Å². The van der Waals surface area contributed by atoms with Gasteiger partial charge in [-0.2, -0.15) is 0 Å². The molecule has 0 radical (unpaired) electrons. The van der Waals surface area contributed by atoms with Crippen molar-refractivity contribution in [3.8, 4) is 5.75 Å². The van der Waals surface area contributed by atoms with Crippen LogP contribution in [0, 0.1) is 11.6 Å². The second kappa shape index (κ2) is 6.22. The molecule has 5 heteroatoms. The molecule has 0 heterocycles. The van der Waals surface area contributed by atoms with E-state index in [1.54, 1.807) is 26.2 Å². The third-order valence-corrected chi connectivity index (χ3v) is 3.69. The van der Waals surface area contributed by atoms with E-state index in [2.05, 4.69) is 21.2 Å². The molecule has 0 saturated heterocycles. The maximum absolute atomic E-state index is 13.7. The number of benzene rings is 2. The van der Waals surface area contributed by atoms with Gasteiger partial charge in [0.25, 0.3) is 0 Å². The third-order valence-electron chi connectivity index (χ3n) is 2.99. The van der Waals surface area contributed by atoms with Crippen molar-refractivity contribution in [3.63, 3.8) is 0 Å². The summed E-state index contributed by atoms with van der Waals surface area (Å²) in [5.74, 6) is -0.991. The zero-order valence-corrected chi connectivity index (χ0v) is 12.7. The first kappa shape index (κ1) is 14.8. The Bertz CT molecular complexity index is 619. The third kappa shape index (κ3) is 3.10. The number of hydrogen-bond acceptors (Lipinski definition) is 2. The summed E-state index contributed by atoms with van der Waals surface area (Å²) >= 11 is 3.41. The highest BCUT2D eigenvalue weighted by atomic mass is 79.9. The van der Waals surface area contributed by atoms with E-state index in [0.717, 1.165) is 16.2 Å². The van der Waals surface area contributed by atoms with E-state index in [-0.39, 0.29) is 11.6 Å². The summed E-state index contributed by atoms with van der Waals surface area (Å²) in [7, 11) is 1.57. The van der Waals surface area contributed by atoms with Crippen molar-refractivity contribution < 1.29 is 13.5 Å². The van der Waals surface area contributed by atoms with Crippen LogP contribution in [0.2, 0.25) is 0 Å². The molecule has 0 spiro atoms. The molecule has 0 bridgehead atoms. The molecule has 106 valence electrons. The summed E-state index contributed by atoms with van der Waals surface area (Å²) in [5.41, 5.74) is 1.03. The number of methoxy groups -OCH3 is 1. The van der Waals surface area contributed by atoms with Gasteiger partial charge < -0.3 is 10.1 Å². The standard InChI is InChI=1S/C15H14BrF2NO/c1-9(11-4-3-5-13(17)15(11)18)19-14-8-10(20-2)6-7-12(14)16/h3-9,19H,1-2H3. The molecule has 2 aromatic carbocycles. The van der Waals surface area contributed by atoms with E-state index in [0.29, 0.717) is 5.75 Å². The van der Waals surface area contributed by atoms with Crippen LogP contribution >= 0.6 is 15.9 Å². The highest BCUT2D eigenvalue weighted by Crippen LogP contribution is 2.31. The van der Waals surface area contributed by atoms with Gasteiger partial charge in [-0.05, 0) is 41.1 Å². The highest BCUT2D eigenvalue weighted by molar-refractivity contribution is 9.10. The van der Waals surface area contributed by atoms with Gasteiger partial charge in [-0.15, -0.1) is 0 Å². The Balaban J connectivity index is 2.27. The summed E-state index contributed by atoms with van der Waals surface area (Å²) in [6.07, 6.45) is 0. The van der Waals surface area contributed by atoms with Gasteiger partial charge in [0.15, 0.2) is 11.6 Å². The highest BCUT2D eigenvalue weighted by Gasteiger charge is 2.15. The zero-order chi connectivity index (χ0) is 14.7. The van der Waals surface area contributed by atoms with Crippen LogP contribution in [0.25, 0.3) is 0 Å². The molecule has 0 aliphatic carbocycles. The molecule has 1 atom stereocenters. The smallest absolute Gasteiger partial charge is 0.164 e. The van der Waals surface area contributed by atoms with Gasteiger partial charge in [-0.25, -0.2) is 8.78 Å². The molecule has 20 heavy (non-hydrogen) atoms. The van der Waals surface area contributed by atoms with Gasteiger partial charge >= 0.3 is 0 Å². The van der Waals surface area contributed by atoms with E-state index in [9.17, 15) is 8.78 Å². The number of anilines is 1. The molecular formula is C15H14BrF2NO. The Morgan fingerprint density at radius 1 is 1.20 bits per heavy atom. The molecular weight excluding hydrogens is 328 g/mol. The lowest BCUT2D eigenvalue weighted by Gasteiger charge is -2.18. The Hall–Kier alpha value is -1.62. The van der Waals surface area contributed by atoms with E-state index >= 15 is 0 Å². The first-order chi connectivity index (χ1) is 9.52. The van der Waals surface area contributed by atoms with Gasteiger partial charge in [0.1, 0.15) is 5.75 Å². The van der Waals surface area contributed by atoms with Crippen LogP contribution in [0.4, 0.5) is 14.5 Å². The van der Waals surface area contributed by atoms with E-state index < -0.39 is 11.6 Å². The predicted molar refractivity (Wildman–Crippen MR) is 79.1 cm³/mol. The number of rotatable bonds is 4. The summed E-state index contributed by atoms with van der Waals surface area (Å²) in [6, 6.07) is 9.20. The van der Waals surface area contributed by atoms with Gasteiger partial charge in [0.05, 0.1) is 18.8 Å². The SMILES string of the molecule is COc1ccc(Br)c(NC(C)c2cccc(F)c2F)c1. The summed E-state index contributed by atoms with van der Waals surface area (Å²) < 4.78 is 33.0. The minimum Gasteiger partial charge on any atom is -0.497 e. The molecule has 0 aromatic heterocycles. The molecule has 1 N–H and O–H groups in total. The molecule has 2 nitrogen and oxygen atoms in total. The topological polar surface area (TPSA) is 21.3 Å².